The fraction of sp³-hybridized carbons (Fsp3) is 0.762. The fourth-order valence-electron chi connectivity index (χ4n) is 3.38. The van der Waals surface area contributed by atoms with E-state index in [1.54, 1.807) is 0 Å². The Labute approximate surface area is 161 Å². The van der Waals surface area contributed by atoms with E-state index in [4.69, 9.17) is 0 Å². The molecule has 0 spiro atoms. The van der Waals surface area contributed by atoms with Gasteiger partial charge in [-0.1, -0.05) is 41.5 Å². The summed E-state index contributed by atoms with van der Waals surface area (Å²) in [4.78, 5) is 50.3. The van der Waals surface area contributed by atoms with E-state index in [1.165, 1.54) is 0 Å². The Morgan fingerprint density at radius 3 is 2.04 bits per heavy atom. The molecule has 1 aliphatic rings. The predicted octanol–water partition coefficient (Wildman–Crippen LogP) is 3.99. The minimum absolute atomic E-state index is 0.0267. The van der Waals surface area contributed by atoms with Gasteiger partial charge < -0.3 is 5.11 Å². The molecule has 1 rings (SSSR count). The first-order valence-electron chi connectivity index (χ1n) is 9.87. The maximum absolute atomic E-state index is 13.0. The molecule has 0 aromatic carbocycles. The highest BCUT2D eigenvalue weighted by Gasteiger charge is 2.54. The number of Topliss-reactive ketones (excluding diaryl/α,β-unsaturated/α-hetero) is 3. The van der Waals surface area contributed by atoms with Gasteiger partial charge in [-0.2, -0.15) is 0 Å². The lowest BCUT2D eigenvalue weighted by molar-refractivity contribution is -0.154. The summed E-state index contributed by atoms with van der Waals surface area (Å²) >= 11 is 0. The lowest BCUT2D eigenvalue weighted by Crippen LogP contribution is -2.55. The van der Waals surface area contributed by atoms with E-state index in [2.05, 4.69) is 5.18 Å². The minimum atomic E-state index is -2.25. The van der Waals surface area contributed by atoms with Crippen molar-refractivity contribution in [3.05, 3.63) is 16.2 Å². The monoisotopic (exact) mass is 379 g/mol. The highest BCUT2D eigenvalue weighted by atomic mass is 16.3. The molecule has 2 atom stereocenters. The van der Waals surface area contributed by atoms with Crippen LogP contribution in [0.1, 0.15) is 73.6 Å². The van der Waals surface area contributed by atoms with Gasteiger partial charge in [0.1, 0.15) is 5.70 Å². The predicted molar refractivity (Wildman–Crippen MR) is 104 cm³/mol. The van der Waals surface area contributed by atoms with Crippen LogP contribution in [0, 0.1) is 28.6 Å². The van der Waals surface area contributed by atoms with Gasteiger partial charge in [0.05, 0.1) is 11.5 Å². The molecule has 6 heteroatoms. The van der Waals surface area contributed by atoms with E-state index in [-0.39, 0.29) is 48.3 Å². The van der Waals surface area contributed by atoms with Crippen molar-refractivity contribution in [2.45, 2.75) is 79.2 Å². The molecule has 0 aromatic heterocycles. The van der Waals surface area contributed by atoms with E-state index in [0.29, 0.717) is 12.8 Å². The molecular weight excluding hydrogens is 346 g/mol. The Morgan fingerprint density at radius 2 is 1.59 bits per heavy atom. The maximum atomic E-state index is 13.0. The first-order chi connectivity index (χ1) is 12.5. The summed E-state index contributed by atoms with van der Waals surface area (Å²) in [5.74, 6) is -2.75. The highest BCUT2D eigenvalue weighted by Crippen LogP contribution is 2.39. The molecule has 0 fully saturated rings. The fourth-order valence-corrected chi connectivity index (χ4v) is 3.38. The van der Waals surface area contributed by atoms with Gasteiger partial charge in [0.15, 0.2) is 17.2 Å². The third-order valence-electron chi connectivity index (χ3n) is 5.00. The Hall–Kier alpha value is -1.69. The lowest BCUT2D eigenvalue weighted by Gasteiger charge is -2.35. The van der Waals surface area contributed by atoms with Crippen LogP contribution in [0.25, 0.3) is 0 Å². The van der Waals surface area contributed by atoms with Crippen LogP contribution in [0.15, 0.2) is 16.4 Å². The SMILES string of the molecule is CC(C)CCC1C(=O)C(O)(CCC(C)C)C(=O)C(C(=O)CC(C)C)=C1N=O. The van der Waals surface area contributed by atoms with E-state index in [9.17, 15) is 24.4 Å². The Balaban J connectivity index is 3.48. The highest BCUT2D eigenvalue weighted by molar-refractivity contribution is 6.32. The molecule has 152 valence electrons. The number of carbonyl (C=O) groups is 3. The normalized spacial score (nSPS) is 23.7. The summed E-state index contributed by atoms with van der Waals surface area (Å²) in [6.45, 7) is 11.5. The molecular formula is C21H33NO5. The molecule has 0 aliphatic heterocycles. The zero-order chi connectivity index (χ0) is 20.9. The largest absolute Gasteiger partial charge is 0.374 e. The molecule has 0 saturated heterocycles. The number of ketones is 3. The summed E-state index contributed by atoms with van der Waals surface area (Å²) in [5, 5.41) is 14.0. The molecule has 6 nitrogen and oxygen atoms in total. The first kappa shape index (κ1) is 23.3. The van der Waals surface area contributed by atoms with Gasteiger partial charge in [-0.15, -0.1) is 4.91 Å². The lowest BCUT2D eigenvalue weighted by atomic mass is 9.69. The number of rotatable bonds is 10. The third-order valence-corrected chi connectivity index (χ3v) is 5.00. The second-order valence-corrected chi connectivity index (χ2v) is 8.88. The average molecular weight is 379 g/mol. The third kappa shape index (κ3) is 5.41. The summed E-state index contributed by atoms with van der Waals surface area (Å²) in [7, 11) is 0. The molecule has 2 unspecified atom stereocenters. The van der Waals surface area contributed by atoms with E-state index in [1.807, 2.05) is 41.5 Å². The first-order valence-corrected chi connectivity index (χ1v) is 9.87. The van der Waals surface area contributed by atoms with Crippen molar-refractivity contribution in [3.8, 4) is 0 Å². The number of aliphatic hydroxyl groups is 1. The van der Waals surface area contributed by atoms with Gasteiger partial charge in [0.25, 0.3) is 0 Å². The smallest absolute Gasteiger partial charge is 0.207 e. The number of hydrogen-bond acceptors (Lipinski definition) is 6. The van der Waals surface area contributed by atoms with Crippen LogP contribution in [0.5, 0.6) is 0 Å². The van der Waals surface area contributed by atoms with E-state index >= 15 is 0 Å². The number of allylic oxidation sites excluding steroid dienone is 1. The van der Waals surface area contributed by atoms with Gasteiger partial charge in [-0.05, 0) is 48.6 Å². The Kier molecular flexibility index (Phi) is 8.21. The maximum Gasteiger partial charge on any atom is 0.207 e. The van der Waals surface area contributed by atoms with E-state index in [0.717, 1.165) is 0 Å². The summed E-state index contributed by atoms with van der Waals surface area (Å²) < 4.78 is 0. The van der Waals surface area contributed by atoms with Crippen LogP contribution in [0.4, 0.5) is 0 Å². The average Bonchev–Trinajstić information content (AvgIpc) is 2.55. The number of carbonyl (C=O) groups excluding carboxylic acids is 3. The van der Waals surface area contributed by atoms with E-state index < -0.39 is 28.9 Å². The van der Waals surface area contributed by atoms with Crippen molar-refractivity contribution in [2.75, 3.05) is 0 Å². The molecule has 1 N–H and O–H groups in total. The second-order valence-electron chi connectivity index (χ2n) is 8.88. The topological polar surface area (TPSA) is 101 Å². The number of hydrogen-bond donors (Lipinski definition) is 1. The van der Waals surface area contributed by atoms with Crippen molar-refractivity contribution >= 4 is 17.3 Å². The van der Waals surface area contributed by atoms with Gasteiger partial charge >= 0.3 is 0 Å². The van der Waals surface area contributed by atoms with Crippen molar-refractivity contribution in [3.63, 3.8) is 0 Å². The molecule has 0 bridgehead atoms. The molecule has 0 aromatic rings. The van der Waals surface area contributed by atoms with Crippen LogP contribution >= 0.6 is 0 Å². The van der Waals surface area contributed by atoms with Crippen LogP contribution in [-0.2, 0) is 14.4 Å². The van der Waals surface area contributed by atoms with Crippen molar-refractivity contribution in [2.24, 2.45) is 28.8 Å². The molecule has 0 amide bonds. The summed E-state index contributed by atoms with van der Waals surface area (Å²) in [5.41, 5.74) is -2.90. The molecule has 0 saturated carbocycles. The Morgan fingerprint density at radius 1 is 1.04 bits per heavy atom. The van der Waals surface area contributed by atoms with Crippen molar-refractivity contribution < 1.29 is 19.5 Å². The number of nitroso groups, excluding NO2 is 1. The van der Waals surface area contributed by atoms with Crippen LogP contribution in [0.2, 0.25) is 0 Å². The summed E-state index contributed by atoms with van der Waals surface area (Å²) in [6, 6.07) is 0. The van der Waals surface area contributed by atoms with Crippen LogP contribution in [0.3, 0.4) is 0 Å². The molecule has 0 heterocycles. The minimum Gasteiger partial charge on any atom is -0.374 e. The Bertz CT molecular complexity index is 632. The van der Waals surface area contributed by atoms with Crippen molar-refractivity contribution in [1.82, 2.24) is 0 Å². The quantitative estimate of drug-likeness (QED) is 0.351. The molecule has 1 aliphatic carbocycles. The molecule has 0 radical (unpaired) electrons. The van der Waals surface area contributed by atoms with Crippen LogP contribution in [-0.4, -0.2) is 28.1 Å². The van der Waals surface area contributed by atoms with Crippen molar-refractivity contribution in [1.29, 1.82) is 0 Å². The van der Waals surface area contributed by atoms with Crippen LogP contribution < -0.4 is 0 Å². The molecule has 27 heavy (non-hydrogen) atoms. The standard InChI is InChI=1S/C21H33NO5/c1-12(2)7-8-15-18(22-27)17(16(23)11-14(5)6)20(25)21(26,19(15)24)10-9-13(3)4/h12-15,26H,7-11H2,1-6H3. The zero-order valence-corrected chi connectivity index (χ0v) is 17.4. The number of nitrogens with zero attached hydrogens (tertiary/aromatic N) is 1. The van der Waals surface area contributed by atoms with Gasteiger partial charge in [0.2, 0.25) is 5.78 Å². The zero-order valence-electron chi connectivity index (χ0n) is 17.4. The van der Waals surface area contributed by atoms with Gasteiger partial charge in [0, 0.05) is 6.42 Å². The van der Waals surface area contributed by atoms with Gasteiger partial charge in [-0.3, -0.25) is 14.4 Å². The van der Waals surface area contributed by atoms with Gasteiger partial charge in [-0.25, -0.2) is 0 Å². The summed E-state index contributed by atoms with van der Waals surface area (Å²) in [6.07, 6.45) is 1.37. The second kappa shape index (κ2) is 9.49.